The second kappa shape index (κ2) is 6.37. The standard InChI is InChI=1S/C14H22N2O2S/c1-4-16(11-8-6-5-7-9-11)14-15-10(2)12(19-14)13(17)18-3/h11H,4-9H2,1-3H3. The molecule has 1 heterocycles. The molecule has 19 heavy (non-hydrogen) atoms. The highest BCUT2D eigenvalue weighted by molar-refractivity contribution is 7.17. The lowest BCUT2D eigenvalue weighted by atomic mass is 9.94. The van der Waals surface area contributed by atoms with Gasteiger partial charge in [0.2, 0.25) is 0 Å². The summed E-state index contributed by atoms with van der Waals surface area (Å²) in [5.41, 5.74) is 0.779. The smallest absolute Gasteiger partial charge is 0.350 e. The average Bonchev–Trinajstić information content (AvgIpc) is 2.82. The second-order valence-electron chi connectivity index (χ2n) is 4.98. The van der Waals surface area contributed by atoms with Gasteiger partial charge in [-0.25, -0.2) is 9.78 Å². The van der Waals surface area contributed by atoms with E-state index < -0.39 is 0 Å². The Morgan fingerprint density at radius 3 is 2.68 bits per heavy atom. The predicted molar refractivity (Wildman–Crippen MR) is 78.1 cm³/mol. The predicted octanol–water partition coefficient (Wildman–Crippen LogP) is 3.40. The first-order valence-corrected chi connectivity index (χ1v) is 7.81. The van der Waals surface area contributed by atoms with Crippen molar-refractivity contribution in [1.29, 1.82) is 0 Å². The number of thiazole rings is 1. The van der Waals surface area contributed by atoms with Gasteiger partial charge in [0.1, 0.15) is 4.88 Å². The average molecular weight is 282 g/mol. The van der Waals surface area contributed by atoms with Crippen LogP contribution in [0.15, 0.2) is 0 Å². The van der Waals surface area contributed by atoms with E-state index in [9.17, 15) is 4.79 Å². The van der Waals surface area contributed by atoms with E-state index in [2.05, 4.69) is 16.8 Å². The molecule has 106 valence electrons. The van der Waals surface area contributed by atoms with Gasteiger partial charge in [0.15, 0.2) is 5.13 Å². The van der Waals surface area contributed by atoms with E-state index in [0.717, 1.165) is 17.4 Å². The molecule has 0 unspecified atom stereocenters. The van der Waals surface area contributed by atoms with Crippen LogP contribution in [-0.4, -0.2) is 30.6 Å². The Labute approximate surface area is 118 Å². The molecule has 0 atom stereocenters. The Kier molecular flexibility index (Phi) is 4.80. The van der Waals surface area contributed by atoms with Crippen LogP contribution < -0.4 is 4.90 Å². The Morgan fingerprint density at radius 1 is 1.42 bits per heavy atom. The van der Waals surface area contributed by atoms with Crippen LogP contribution in [0.25, 0.3) is 0 Å². The number of anilines is 1. The van der Waals surface area contributed by atoms with Gasteiger partial charge in [0.25, 0.3) is 0 Å². The van der Waals surface area contributed by atoms with Crippen LogP contribution in [0.4, 0.5) is 5.13 Å². The zero-order chi connectivity index (χ0) is 13.8. The van der Waals surface area contributed by atoms with Crippen LogP contribution in [0.2, 0.25) is 0 Å². The van der Waals surface area contributed by atoms with E-state index in [1.807, 2.05) is 6.92 Å². The zero-order valence-electron chi connectivity index (χ0n) is 11.9. The maximum absolute atomic E-state index is 11.7. The monoisotopic (exact) mass is 282 g/mol. The van der Waals surface area contributed by atoms with Gasteiger partial charge in [0, 0.05) is 12.6 Å². The number of esters is 1. The first-order valence-electron chi connectivity index (χ1n) is 6.99. The lowest BCUT2D eigenvalue weighted by Crippen LogP contribution is -2.36. The fourth-order valence-corrected chi connectivity index (χ4v) is 3.85. The zero-order valence-corrected chi connectivity index (χ0v) is 12.8. The lowest BCUT2D eigenvalue weighted by molar-refractivity contribution is 0.0605. The molecular formula is C14H22N2O2S. The highest BCUT2D eigenvalue weighted by Gasteiger charge is 2.25. The quantitative estimate of drug-likeness (QED) is 0.794. The summed E-state index contributed by atoms with van der Waals surface area (Å²) in [6, 6.07) is 0.579. The third kappa shape index (κ3) is 3.08. The lowest BCUT2D eigenvalue weighted by Gasteiger charge is -2.33. The van der Waals surface area contributed by atoms with E-state index in [0.29, 0.717) is 10.9 Å². The molecule has 0 saturated heterocycles. The van der Waals surface area contributed by atoms with Gasteiger partial charge in [-0.3, -0.25) is 0 Å². The molecule has 2 rings (SSSR count). The topological polar surface area (TPSA) is 42.4 Å². The van der Waals surface area contributed by atoms with Gasteiger partial charge in [-0.2, -0.15) is 0 Å². The number of nitrogens with zero attached hydrogens (tertiary/aromatic N) is 2. The van der Waals surface area contributed by atoms with Crippen LogP contribution in [-0.2, 0) is 4.74 Å². The Balaban J connectivity index is 2.20. The minimum absolute atomic E-state index is 0.277. The van der Waals surface area contributed by atoms with Crippen LogP contribution in [0, 0.1) is 6.92 Å². The van der Waals surface area contributed by atoms with Crippen LogP contribution in [0.5, 0.6) is 0 Å². The van der Waals surface area contributed by atoms with Crippen molar-refractivity contribution in [3.8, 4) is 0 Å². The summed E-state index contributed by atoms with van der Waals surface area (Å²) in [4.78, 5) is 19.2. The minimum atomic E-state index is -0.277. The second-order valence-corrected chi connectivity index (χ2v) is 5.96. The fraction of sp³-hybridized carbons (Fsp3) is 0.714. The SMILES string of the molecule is CCN(c1nc(C)c(C(=O)OC)s1)C1CCCCC1. The van der Waals surface area contributed by atoms with Crippen molar-refractivity contribution in [3.05, 3.63) is 10.6 Å². The number of hydrogen-bond donors (Lipinski definition) is 0. The molecule has 1 saturated carbocycles. The summed E-state index contributed by atoms with van der Waals surface area (Å²) in [5, 5.41) is 0.965. The van der Waals surface area contributed by atoms with Gasteiger partial charge < -0.3 is 9.64 Å². The molecule has 1 aromatic heterocycles. The normalized spacial score (nSPS) is 16.4. The number of aryl methyl sites for hydroxylation is 1. The molecule has 4 nitrogen and oxygen atoms in total. The number of aromatic nitrogens is 1. The highest BCUT2D eigenvalue weighted by Crippen LogP contribution is 2.32. The molecule has 0 aromatic carbocycles. The van der Waals surface area contributed by atoms with Crippen LogP contribution in [0.1, 0.15) is 54.4 Å². The van der Waals surface area contributed by atoms with Gasteiger partial charge in [0.05, 0.1) is 12.8 Å². The molecule has 0 amide bonds. The first kappa shape index (κ1) is 14.3. The maximum atomic E-state index is 11.7. The molecule has 1 aromatic rings. The summed E-state index contributed by atoms with van der Waals surface area (Å²) >= 11 is 1.46. The summed E-state index contributed by atoms with van der Waals surface area (Å²) < 4.78 is 4.80. The van der Waals surface area contributed by atoms with Crippen LogP contribution >= 0.6 is 11.3 Å². The van der Waals surface area contributed by atoms with Crippen molar-refractivity contribution in [2.45, 2.75) is 52.0 Å². The van der Waals surface area contributed by atoms with Gasteiger partial charge >= 0.3 is 5.97 Å². The molecule has 1 fully saturated rings. The molecule has 0 N–H and O–H groups in total. The molecular weight excluding hydrogens is 260 g/mol. The summed E-state index contributed by atoms with van der Waals surface area (Å²) in [6.45, 7) is 4.97. The molecule has 1 aliphatic carbocycles. The van der Waals surface area contributed by atoms with E-state index in [4.69, 9.17) is 4.74 Å². The maximum Gasteiger partial charge on any atom is 0.350 e. The molecule has 0 spiro atoms. The summed E-state index contributed by atoms with van der Waals surface area (Å²) in [5.74, 6) is -0.277. The molecule has 0 bridgehead atoms. The van der Waals surface area contributed by atoms with Crippen molar-refractivity contribution in [3.63, 3.8) is 0 Å². The van der Waals surface area contributed by atoms with Crippen molar-refractivity contribution < 1.29 is 9.53 Å². The number of carbonyl (C=O) groups excluding carboxylic acids is 1. The number of carbonyl (C=O) groups is 1. The highest BCUT2D eigenvalue weighted by atomic mass is 32.1. The minimum Gasteiger partial charge on any atom is -0.465 e. The van der Waals surface area contributed by atoms with E-state index >= 15 is 0 Å². The molecule has 1 aliphatic rings. The third-order valence-corrected chi connectivity index (χ3v) is 4.93. The third-order valence-electron chi connectivity index (χ3n) is 3.76. The Morgan fingerprint density at radius 2 is 2.11 bits per heavy atom. The first-order chi connectivity index (χ1) is 9.17. The van der Waals surface area contributed by atoms with E-state index in [1.54, 1.807) is 0 Å². The van der Waals surface area contributed by atoms with Gasteiger partial charge in [-0.15, -0.1) is 0 Å². The van der Waals surface area contributed by atoms with Gasteiger partial charge in [-0.1, -0.05) is 30.6 Å². The number of ether oxygens (including phenoxy) is 1. The van der Waals surface area contributed by atoms with Crippen LogP contribution in [0.3, 0.4) is 0 Å². The fourth-order valence-electron chi connectivity index (χ4n) is 2.73. The Hall–Kier alpha value is -1.10. The summed E-state index contributed by atoms with van der Waals surface area (Å²) in [7, 11) is 1.42. The number of hydrogen-bond acceptors (Lipinski definition) is 5. The van der Waals surface area contributed by atoms with E-state index in [1.165, 1.54) is 50.6 Å². The Bertz CT molecular complexity index is 439. The van der Waals surface area contributed by atoms with Crippen molar-refractivity contribution in [2.75, 3.05) is 18.6 Å². The molecule has 0 radical (unpaired) electrons. The molecule has 0 aliphatic heterocycles. The van der Waals surface area contributed by atoms with Crippen molar-refractivity contribution >= 4 is 22.4 Å². The van der Waals surface area contributed by atoms with Crippen molar-refractivity contribution in [1.82, 2.24) is 4.98 Å². The molecule has 5 heteroatoms. The van der Waals surface area contributed by atoms with Gasteiger partial charge in [-0.05, 0) is 26.7 Å². The number of rotatable bonds is 4. The summed E-state index contributed by atoms with van der Waals surface area (Å²) in [6.07, 6.45) is 6.42. The largest absolute Gasteiger partial charge is 0.465 e. The van der Waals surface area contributed by atoms with Crippen molar-refractivity contribution in [2.24, 2.45) is 0 Å². The number of methoxy groups -OCH3 is 1. The van der Waals surface area contributed by atoms with E-state index in [-0.39, 0.29) is 5.97 Å².